The van der Waals surface area contributed by atoms with E-state index in [1.807, 2.05) is 6.92 Å². The molecule has 0 fully saturated rings. The Labute approximate surface area is 90.3 Å². The van der Waals surface area contributed by atoms with Gasteiger partial charge in [-0.05, 0) is 19.1 Å². The van der Waals surface area contributed by atoms with Crippen LogP contribution >= 0.6 is 0 Å². The lowest BCUT2D eigenvalue weighted by Gasteiger charge is -2.07. The number of carbonyl (C=O) groups is 1. The van der Waals surface area contributed by atoms with Crippen molar-refractivity contribution in [3.05, 3.63) is 23.7 Å². The zero-order valence-electron chi connectivity index (χ0n) is 9.59. The minimum Gasteiger partial charge on any atom is -0.456 e. The molecule has 1 rings (SSSR count). The monoisotopic (exact) mass is 211 g/mol. The third-order valence-corrected chi connectivity index (χ3v) is 2.10. The number of quaternary nitrogens is 1. The van der Waals surface area contributed by atoms with Crippen molar-refractivity contribution >= 4 is 5.91 Å². The summed E-state index contributed by atoms with van der Waals surface area (Å²) in [6.45, 7) is 3.58. The molecule has 1 aromatic heterocycles. The van der Waals surface area contributed by atoms with Crippen molar-refractivity contribution in [1.82, 2.24) is 5.32 Å². The minimum absolute atomic E-state index is 0.128. The second-order valence-electron chi connectivity index (χ2n) is 3.98. The Morgan fingerprint density at radius 1 is 1.47 bits per heavy atom. The van der Waals surface area contributed by atoms with Crippen LogP contribution in [0.15, 0.2) is 16.5 Å². The molecule has 0 saturated heterocycles. The average molecular weight is 211 g/mol. The molecule has 0 unspecified atom stereocenters. The van der Waals surface area contributed by atoms with Crippen LogP contribution in [0.1, 0.15) is 22.7 Å². The summed E-state index contributed by atoms with van der Waals surface area (Å²) < 4.78 is 5.21. The number of hydrogen-bond donors (Lipinski definition) is 2. The maximum Gasteiger partial charge on any atom is 0.286 e. The van der Waals surface area contributed by atoms with E-state index in [0.717, 1.165) is 18.7 Å². The van der Waals surface area contributed by atoms with E-state index in [2.05, 4.69) is 19.4 Å². The lowest BCUT2D eigenvalue weighted by atomic mass is 10.3. The van der Waals surface area contributed by atoms with Crippen molar-refractivity contribution in [3.63, 3.8) is 0 Å². The van der Waals surface area contributed by atoms with E-state index in [9.17, 15) is 4.79 Å². The Kier molecular flexibility index (Phi) is 4.37. The second-order valence-corrected chi connectivity index (χ2v) is 3.98. The Bertz CT molecular complexity index is 318. The van der Waals surface area contributed by atoms with Crippen molar-refractivity contribution < 1.29 is 14.1 Å². The molecule has 0 aliphatic carbocycles. The SMILES string of the molecule is Cc1ccc(C(=O)NCCC[NH+](C)C)o1. The maximum absolute atomic E-state index is 11.5. The van der Waals surface area contributed by atoms with Gasteiger partial charge in [0.2, 0.25) is 0 Å². The van der Waals surface area contributed by atoms with Crippen LogP contribution in [0.5, 0.6) is 0 Å². The highest BCUT2D eigenvalue weighted by molar-refractivity contribution is 5.91. The van der Waals surface area contributed by atoms with E-state index in [-0.39, 0.29) is 5.91 Å². The zero-order chi connectivity index (χ0) is 11.3. The van der Waals surface area contributed by atoms with Gasteiger partial charge in [0.1, 0.15) is 5.76 Å². The van der Waals surface area contributed by atoms with Crippen LogP contribution in [0, 0.1) is 6.92 Å². The third kappa shape index (κ3) is 4.16. The fourth-order valence-corrected chi connectivity index (χ4v) is 1.29. The van der Waals surface area contributed by atoms with Crippen molar-refractivity contribution in [3.8, 4) is 0 Å². The molecule has 1 aromatic rings. The van der Waals surface area contributed by atoms with E-state index in [4.69, 9.17) is 4.42 Å². The molecule has 2 N–H and O–H groups in total. The first kappa shape index (κ1) is 11.8. The van der Waals surface area contributed by atoms with Crippen LogP contribution in [0.3, 0.4) is 0 Å². The molecule has 1 amide bonds. The lowest BCUT2D eigenvalue weighted by molar-refractivity contribution is -0.858. The molecule has 0 saturated carbocycles. The molecule has 0 bridgehead atoms. The van der Waals surface area contributed by atoms with Gasteiger partial charge in [0.15, 0.2) is 5.76 Å². The lowest BCUT2D eigenvalue weighted by Crippen LogP contribution is -3.05. The largest absolute Gasteiger partial charge is 0.456 e. The normalized spacial score (nSPS) is 10.7. The van der Waals surface area contributed by atoms with E-state index >= 15 is 0 Å². The van der Waals surface area contributed by atoms with Gasteiger partial charge < -0.3 is 14.6 Å². The molecule has 0 atom stereocenters. The van der Waals surface area contributed by atoms with Gasteiger partial charge in [0, 0.05) is 13.0 Å². The molecular formula is C11H19N2O2+. The van der Waals surface area contributed by atoms with Crippen LogP contribution < -0.4 is 10.2 Å². The van der Waals surface area contributed by atoms with E-state index < -0.39 is 0 Å². The highest BCUT2D eigenvalue weighted by atomic mass is 16.3. The predicted octanol–water partition coefficient (Wildman–Crippen LogP) is -0.148. The van der Waals surface area contributed by atoms with Gasteiger partial charge in [-0.15, -0.1) is 0 Å². The summed E-state index contributed by atoms with van der Waals surface area (Å²) in [5, 5.41) is 2.82. The number of carbonyl (C=O) groups excluding carboxylic acids is 1. The highest BCUT2D eigenvalue weighted by Gasteiger charge is 2.08. The van der Waals surface area contributed by atoms with Gasteiger partial charge in [0.25, 0.3) is 5.91 Å². The summed E-state index contributed by atoms with van der Waals surface area (Å²) in [5.41, 5.74) is 0. The fraction of sp³-hybridized carbons (Fsp3) is 0.545. The summed E-state index contributed by atoms with van der Waals surface area (Å²) in [5.74, 6) is 1.03. The van der Waals surface area contributed by atoms with Gasteiger partial charge in [0.05, 0.1) is 20.6 Å². The van der Waals surface area contributed by atoms with E-state index in [1.165, 1.54) is 4.90 Å². The molecule has 0 aromatic carbocycles. The van der Waals surface area contributed by atoms with Gasteiger partial charge >= 0.3 is 0 Å². The molecule has 1 heterocycles. The quantitative estimate of drug-likeness (QED) is 0.666. The first-order valence-electron chi connectivity index (χ1n) is 5.23. The molecule has 15 heavy (non-hydrogen) atoms. The van der Waals surface area contributed by atoms with E-state index in [1.54, 1.807) is 12.1 Å². The van der Waals surface area contributed by atoms with Gasteiger partial charge in [-0.2, -0.15) is 0 Å². The van der Waals surface area contributed by atoms with Crippen molar-refractivity contribution in [1.29, 1.82) is 0 Å². The molecular weight excluding hydrogens is 192 g/mol. The maximum atomic E-state index is 11.5. The summed E-state index contributed by atoms with van der Waals surface area (Å²) in [7, 11) is 4.19. The van der Waals surface area contributed by atoms with Crippen LogP contribution in [-0.2, 0) is 0 Å². The molecule has 84 valence electrons. The molecule has 0 aliphatic rings. The van der Waals surface area contributed by atoms with Crippen LogP contribution in [0.25, 0.3) is 0 Å². The van der Waals surface area contributed by atoms with Crippen LogP contribution in [0.4, 0.5) is 0 Å². The summed E-state index contributed by atoms with van der Waals surface area (Å²) >= 11 is 0. The van der Waals surface area contributed by atoms with Crippen LogP contribution in [0.2, 0.25) is 0 Å². The van der Waals surface area contributed by atoms with E-state index in [0.29, 0.717) is 12.3 Å². The zero-order valence-corrected chi connectivity index (χ0v) is 9.59. The number of rotatable bonds is 5. The number of hydrogen-bond acceptors (Lipinski definition) is 2. The first-order chi connectivity index (χ1) is 7.09. The summed E-state index contributed by atoms with van der Waals surface area (Å²) in [6.07, 6.45) is 0.980. The molecule has 4 nitrogen and oxygen atoms in total. The van der Waals surface area contributed by atoms with Crippen molar-refractivity contribution in [2.45, 2.75) is 13.3 Å². The number of aryl methyl sites for hydroxylation is 1. The van der Waals surface area contributed by atoms with Crippen LogP contribution in [-0.4, -0.2) is 33.1 Å². The predicted molar refractivity (Wildman–Crippen MR) is 58.1 cm³/mol. The summed E-state index contributed by atoms with van der Waals surface area (Å²) in [4.78, 5) is 12.9. The third-order valence-electron chi connectivity index (χ3n) is 2.10. The Morgan fingerprint density at radius 2 is 2.20 bits per heavy atom. The standard InChI is InChI=1S/C11H18N2O2/c1-9-5-6-10(15-9)11(14)12-7-4-8-13(2)3/h5-6H,4,7-8H2,1-3H3,(H,12,14)/p+1. The second kappa shape index (κ2) is 5.56. The number of nitrogens with one attached hydrogen (secondary N) is 2. The Balaban J connectivity index is 2.25. The van der Waals surface area contributed by atoms with Gasteiger partial charge in [-0.25, -0.2) is 0 Å². The summed E-state index contributed by atoms with van der Waals surface area (Å²) in [6, 6.07) is 3.49. The highest BCUT2D eigenvalue weighted by Crippen LogP contribution is 2.05. The molecule has 4 heteroatoms. The van der Waals surface area contributed by atoms with Gasteiger partial charge in [-0.3, -0.25) is 4.79 Å². The van der Waals surface area contributed by atoms with Gasteiger partial charge in [-0.1, -0.05) is 0 Å². The smallest absolute Gasteiger partial charge is 0.286 e. The fourth-order valence-electron chi connectivity index (χ4n) is 1.29. The molecule has 0 spiro atoms. The molecule has 0 radical (unpaired) electrons. The Morgan fingerprint density at radius 3 is 2.73 bits per heavy atom. The topological polar surface area (TPSA) is 46.7 Å². The number of furan rings is 1. The Hall–Kier alpha value is -1.29. The van der Waals surface area contributed by atoms with Crippen molar-refractivity contribution in [2.24, 2.45) is 0 Å². The molecule has 0 aliphatic heterocycles. The van der Waals surface area contributed by atoms with Crippen molar-refractivity contribution in [2.75, 3.05) is 27.2 Å². The minimum atomic E-state index is -0.128. The number of amides is 1. The first-order valence-corrected chi connectivity index (χ1v) is 5.23. The average Bonchev–Trinajstić information content (AvgIpc) is 2.59.